The summed E-state index contributed by atoms with van der Waals surface area (Å²) in [6.45, 7) is 6.28. The Bertz CT molecular complexity index is 422. The van der Waals surface area contributed by atoms with E-state index in [4.69, 9.17) is 4.74 Å². The first-order valence-electron chi connectivity index (χ1n) is 7.56. The molecule has 21 heavy (non-hydrogen) atoms. The second-order valence-electron chi connectivity index (χ2n) is 5.42. The minimum Gasteiger partial charge on any atom is -0.467 e. The lowest BCUT2D eigenvalue weighted by atomic mass is 9.86. The summed E-state index contributed by atoms with van der Waals surface area (Å²) < 4.78 is 5.12. The van der Waals surface area contributed by atoms with E-state index in [0.29, 0.717) is 0 Å². The van der Waals surface area contributed by atoms with Gasteiger partial charge in [0.1, 0.15) is 5.54 Å². The van der Waals surface area contributed by atoms with Crippen molar-refractivity contribution >= 4 is 17.7 Å². The Balaban J connectivity index is 3.06. The van der Waals surface area contributed by atoms with Gasteiger partial charge in [-0.1, -0.05) is 37.3 Å². The lowest BCUT2D eigenvalue weighted by Crippen LogP contribution is -2.53. The van der Waals surface area contributed by atoms with Crippen molar-refractivity contribution < 1.29 is 9.53 Å². The predicted octanol–water partition coefficient (Wildman–Crippen LogP) is 3.59. The minimum absolute atomic E-state index is 0.195. The van der Waals surface area contributed by atoms with Crippen LogP contribution in [0.5, 0.6) is 0 Å². The van der Waals surface area contributed by atoms with Crippen LogP contribution in [0.3, 0.4) is 0 Å². The number of esters is 1. The number of carbonyl (C=O) groups excluding carboxylic acids is 1. The van der Waals surface area contributed by atoms with Gasteiger partial charge in [-0.05, 0) is 43.8 Å². The number of ether oxygens (including phenoxy) is 1. The van der Waals surface area contributed by atoms with Gasteiger partial charge in [-0.2, -0.15) is 11.8 Å². The molecule has 0 radical (unpaired) electrons. The molecule has 1 N–H and O–H groups in total. The van der Waals surface area contributed by atoms with E-state index in [-0.39, 0.29) is 12.0 Å². The van der Waals surface area contributed by atoms with E-state index in [1.54, 1.807) is 0 Å². The summed E-state index contributed by atoms with van der Waals surface area (Å²) in [6.07, 6.45) is 1.88. The largest absolute Gasteiger partial charge is 0.467 e. The molecular weight excluding hydrogens is 282 g/mol. The Kier molecular flexibility index (Phi) is 7.83. The molecule has 0 aliphatic heterocycles. The highest BCUT2D eigenvalue weighted by atomic mass is 32.2. The van der Waals surface area contributed by atoms with Crippen LogP contribution in [0.1, 0.15) is 39.2 Å². The molecule has 0 heterocycles. The number of methoxy groups -OCH3 is 1. The van der Waals surface area contributed by atoms with Crippen molar-refractivity contribution in [3.8, 4) is 0 Å². The number of nitrogens with one attached hydrogen (secondary N) is 1. The van der Waals surface area contributed by atoms with Gasteiger partial charge in [0.05, 0.1) is 7.11 Å². The molecule has 0 bridgehead atoms. The number of hydrogen-bond acceptors (Lipinski definition) is 4. The average molecular weight is 309 g/mol. The molecule has 1 unspecified atom stereocenters. The van der Waals surface area contributed by atoms with Crippen LogP contribution in [-0.4, -0.2) is 30.6 Å². The first-order chi connectivity index (χ1) is 10.1. The van der Waals surface area contributed by atoms with Crippen LogP contribution in [0.25, 0.3) is 0 Å². The zero-order chi connectivity index (χ0) is 15.7. The summed E-state index contributed by atoms with van der Waals surface area (Å²) in [4.78, 5) is 12.5. The Hall–Kier alpha value is -1.00. The monoisotopic (exact) mass is 309 g/mol. The maximum Gasteiger partial charge on any atom is 0.330 e. The number of thioether (sulfide) groups is 1. The molecule has 0 saturated carbocycles. The molecule has 0 spiro atoms. The van der Waals surface area contributed by atoms with Crippen LogP contribution in [0.15, 0.2) is 30.3 Å². The fraction of sp³-hybridized carbons (Fsp3) is 0.588. The zero-order valence-electron chi connectivity index (χ0n) is 13.5. The van der Waals surface area contributed by atoms with Gasteiger partial charge >= 0.3 is 5.97 Å². The molecule has 0 aliphatic carbocycles. The maximum absolute atomic E-state index is 12.5. The highest BCUT2D eigenvalue weighted by molar-refractivity contribution is 7.99. The molecule has 1 atom stereocenters. The van der Waals surface area contributed by atoms with Crippen LogP contribution in [-0.2, 0) is 15.1 Å². The topological polar surface area (TPSA) is 38.3 Å². The molecule has 1 aromatic carbocycles. The zero-order valence-corrected chi connectivity index (χ0v) is 14.3. The van der Waals surface area contributed by atoms with Crippen LogP contribution in [0.2, 0.25) is 0 Å². The Morgan fingerprint density at radius 3 is 2.48 bits per heavy atom. The van der Waals surface area contributed by atoms with Crippen molar-refractivity contribution in [2.24, 2.45) is 0 Å². The Morgan fingerprint density at radius 2 is 1.95 bits per heavy atom. The fourth-order valence-electron chi connectivity index (χ4n) is 2.44. The van der Waals surface area contributed by atoms with Crippen molar-refractivity contribution in [1.29, 1.82) is 0 Å². The number of carbonyl (C=O) groups is 1. The van der Waals surface area contributed by atoms with Gasteiger partial charge in [-0.25, -0.2) is 4.79 Å². The molecule has 1 aromatic rings. The van der Waals surface area contributed by atoms with Gasteiger partial charge in [-0.3, -0.25) is 5.32 Å². The van der Waals surface area contributed by atoms with Crippen LogP contribution >= 0.6 is 11.8 Å². The van der Waals surface area contributed by atoms with Crippen molar-refractivity contribution in [1.82, 2.24) is 5.32 Å². The number of hydrogen-bond donors (Lipinski definition) is 1. The molecule has 1 rings (SSSR count). The normalized spacial score (nSPS) is 14.0. The molecule has 118 valence electrons. The minimum atomic E-state index is -0.759. The average Bonchev–Trinajstić information content (AvgIpc) is 2.50. The smallest absolute Gasteiger partial charge is 0.330 e. The second-order valence-corrected chi connectivity index (χ2v) is 6.65. The van der Waals surface area contributed by atoms with Gasteiger partial charge in [0.15, 0.2) is 0 Å². The van der Waals surface area contributed by atoms with E-state index in [1.165, 1.54) is 7.11 Å². The lowest BCUT2D eigenvalue weighted by Gasteiger charge is -2.34. The molecule has 0 aromatic heterocycles. The Morgan fingerprint density at radius 1 is 1.29 bits per heavy atom. The quantitative estimate of drug-likeness (QED) is 0.559. The SMILES string of the molecule is CCCSCCC(NC(C)C)(C(=O)OC)c1ccccc1. The highest BCUT2D eigenvalue weighted by Gasteiger charge is 2.41. The van der Waals surface area contributed by atoms with Crippen LogP contribution < -0.4 is 5.32 Å². The molecule has 0 amide bonds. The third kappa shape index (κ3) is 5.04. The maximum atomic E-state index is 12.5. The summed E-state index contributed by atoms with van der Waals surface area (Å²) in [5.74, 6) is 1.84. The molecule has 3 nitrogen and oxygen atoms in total. The third-order valence-electron chi connectivity index (χ3n) is 3.31. The summed E-state index contributed by atoms with van der Waals surface area (Å²) in [6, 6.07) is 10.1. The van der Waals surface area contributed by atoms with Crippen molar-refractivity contribution in [3.05, 3.63) is 35.9 Å². The molecular formula is C17H27NO2S. The standard InChI is InChI=1S/C17H27NO2S/c1-5-12-21-13-11-17(16(19)20-4,18-14(2)3)15-9-7-6-8-10-15/h6-10,14,18H,5,11-13H2,1-4H3. The summed E-state index contributed by atoms with van der Waals surface area (Å²) in [7, 11) is 1.46. The lowest BCUT2D eigenvalue weighted by molar-refractivity contribution is -0.149. The summed E-state index contributed by atoms with van der Waals surface area (Å²) >= 11 is 1.88. The second kappa shape index (κ2) is 9.11. The van der Waals surface area contributed by atoms with Crippen molar-refractivity contribution in [2.75, 3.05) is 18.6 Å². The number of benzene rings is 1. The van der Waals surface area contributed by atoms with E-state index < -0.39 is 5.54 Å². The first-order valence-corrected chi connectivity index (χ1v) is 8.71. The fourth-order valence-corrected chi connectivity index (χ4v) is 3.38. The van der Waals surface area contributed by atoms with Gasteiger partial charge in [0.25, 0.3) is 0 Å². The molecule has 0 fully saturated rings. The molecule has 4 heteroatoms. The van der Waals surface area contributed by atoms with Gasteiger partial charge in [-0.15, -0.1) is 0 Å². The van der Waals surface area contributed by atoms with E-state index in [1.807, 2.05) is 42.1 Å². The van der Waals surface area contributed by atoms with Gasteiger partial charge in [0, 0.05) is 6.04 Å². The summed E-state index contributed by atoms with van der Waals surface area (Å²) in [5.41, 5.74) is 0.216. The van der Waals surface area contributed by atoms with E-state index >= 15 is 0 Å². The van der Waals surface area contributed by atoms with Crippen molar-refractivity contribution in [3.63, 3.8) is 0 Å². The molecule has 0 aliphatic rings. The Labute approximate surface area is 132 Å². The van der Waals surface area contributed by atoms with Crippen LogP contribution in [0.4, 0.5) is 0 Å². The van der Waals surface area contributed by atoms with E-state index in [0.717, 1.165) is 29.9 Å². The highest BCUT2D eigenvalue weighted by Crippen LogP contribution is 2.29. The predicted molar refractivity (Wildman–Crippen MR) is 90.6 cm³/mol. The third-order valence-corrected chi connectivity index (χ3v) is 4.50. The van der Waals surface area contributed by atoms with Gasteiger partial charge in [0.2, 0.25) is 0 Å². The first kappa shape index (κ1) is 18.1. The van der Waals surface area contributed by atoms with E-state index in [9.17, 15) is 4.79 Å². The van der Waals surface area contributed by atoms with Crippen LogP contribution in [0, 0.1) is 0 Å². The van der Waals surface area contributed by atoms with Gasteiger partial charge < -0.3 is 4.74 Å². The van der Waals surface area contributed by atoms with Crippen molar-refractivity contribution in [2.45, 2.75) is 45.2 Å². The summed E-state index contributed by atoms with van der Waals surface area (Å²) in [5, 5.41) is 3.45. The van der Waals surface area contributed by atoms with E-state index in [2.05, 4.69) is 26.1 Å². The number of rotatable bonds is 9. The molecule has 0 saturated heterocycles.